The van der Waals surface area contributed by atoms with E-state index in [-0.39, 0.29) is 12.5 Å². The summed E-state index contributed by atoms with van der Waals surface area (Å²) < 4.78 is 9.48. The third-order valence-corrected chi connectivity index (χ3v) is 1.91. The molecule has 68 valence electrons. The number of carbonyl (C=O) groups excluding carboxylic acids is 1. The second-order valence-corrected chi connectivity index (χ2v) is 2.74. The minimum Gasteiger partial charge on any atom is -0.495 e. The fourth-order valence-corrected chi connectivity index (χ4v) is 0.995. The van der Waals surface area contributed by atoms with Crippen LogP contribution in [-0.4, -0.2) is 30.9 Å². The highest BCUT2D eigenvalue weighted by atomic mass is 16.5. The average molecular weight is 172 g/mol. The van der Waals surface area contributed by atoms with Gasteiger partial charge < -0.3 is 14.6 Å². The maximum atomic E-state index is 10.8. The number of hydrogen-bond donors (Lipinski definition) is 1. The average Bonchev–Trinajstić information content (AvgIpc) is 2.36. The molecular formula is C8H12O4. The first-order valence-electron chi connectivity index (χ1n) is 3.75. The zero-order chi connectivity index (χ0) is 9.14. The lowest BCUT2D eigenvalue weighted by atomic mass is 10.1. The Hall–Kier alpha value is -1.03. The summed E-state index contributed by atoms with van der Waals surface area (Å²) in [6, 6.07) is 0. The molecule has 1 N–H and O–H groups in total. The predicted molar refractivity (Wildman–Crippen MR) is 41.2 cm³/mol. The summed E-state index contributed by atoms with van der Waals surface area (Å²) in [6.45, 7) is 2.05. The number of aliphatic hydroxyl groups is 1. The summed E-state index contributed by atoms with van der Waals surface area (Å²) in [4.78, 5) is 10.8. The maximum absolute atomic E-state index is 10.8. The molecule has 0 aliphatic carbocycles. The number of rotatable bonds is 1. The number of esters is 1. The van der Waals surface area contributed by atoms with Gasteiger partial charge in [-0.25, -0.2) is 4.79 Å². The van der Waals surface area contributed by atoms with Crippen molar-refractivity contribution in [1.29, 1.82) is 0 Å². The Morgan fingerprint density at radius 3 is 2.92 bits per heavy atom. The molecule has 1 fully saturated rings. The smallest absolute Gasteiger partial charge is 0.333 e. The summed E-state index contributed by atoms with van der Waals surface area (Å²) in [5.74, 6) is -0.0793. The van der Waals surface area contributed by atoms with Crippen LogP contribution in [0.4, 0.5) is 0 Å². The lowest BCUT2D eigenvalue weighted by molar-refractivity contribution is -0.135. The van der Waals surface area contributed by atoms with E-state index in [1.54, 1.807) is 6.92 Å². The Kier molecular flexibility index (Phi) is 2.70. The predicted octanol–water partition coefficient (Wildman–Crippen LogP) is 0.0705. The van der Waals surface area contributed by atoms with E-state index in [0.29, 0.717) is 5.76 Å². The Balaban J connectivity index is 2.64. The van der Waals surface area contributed by atoms with Crippen LogP contribution in [0.3, 0.4) is 0 Å². The number of aliphatic hydroxyl groups excluding tert-OH is 1. The Bertz CT molecular complexity index is 209. The second kappa shape index (κ2) is 3.58. The van der Waals surface area contributed by atoms with Gasteiger partial charge in [0, 0.05) is 5.92 Å². The molecule has 0 aromatic carbocycles. The monoisotopic (exact) mass is 172 g/mol. The summed E-state index contributed by atoms with van der Waals surface area (Å²) in [6.07, 6.45) is 0.752. The van der Waals surface area contributed by atoms with E-state index in [2.05, 4.69) is 4.74 Å². The number of methoxy groups -OCH3 is 1. The van der Waals surface area contributed by atoms with Crippen LogP contribution in [0.1, 0.15) is 6.92 Å². The Labute approximate surface area is 70.8 Å². The van der Waals surface area contributed by atoms with Gasteiger partial charge in [0.1, 0.15) is 12.4 Å². The van der Waals surface area contributed by atoms with E-state index in [1.807, 2.05) is 0 Å². The van der Waals surface area contributed by atoms with Crippen LogP contribution >= 0.6 is 0 Å². The molecule has 0 aromatic rings. The molecule has 0 aromatic heterocycles. The van der Waals surface area contributed by atoms with Gasteiger partial charge in [-0.05, 0) is 0 Å². The normalized spacial score (nSPS) is 31.8. The highest BCUT2D eigenvalue weighted by molar-refractivity contribution is 5.82. The zero-order valence-electron chi connectivity index (χ0n) is 7.11. The van der Waals surface area contributed by atoms with Crippen molar-refractivity contribution in [2.75, 3.05) is 13.7 Å². The summed E-state index contributed by atoms with van der Waals surface area (Å²) in [7, 11) is 1.30. The largest absolute Gasteiger partial charge is 0.495 e. The highest BCUT2D eigenvalue weighted by Gasteiger charge is 2.28. The van der Waals surface area contributed by atoms with E-state index in [4.69, 9.17) is 4.74 Å². The summed E-state index contributed by atoms with van der Waals surface area (Å²) in [5, 5.41) is 9.24. The Morgan fingerprint density at radius 2 is 2.50 bits per heavy atom. The molecule has 1 saturated heterocycles. The molecular weight excluding hydrogens is 160 g/mol. The van der Waals surface area contributed by atoms with Gasteiger partial charge in [0.15, 0.2) is 0 Å². The fourth-order valence-electron chi connectivity index (χ4n) is 0.995. The van der Waals surface area contributed by atoms with Crippen LogP contribution in [0.15, 0.2) is 11.8 Å². The van der Waals surface area contributed by atoms with Gasteiger partial charge in [0.2, 0.25) is 0 Å². The first kappa shape index (κ1) is 9.06. The molecule has 0 amide bonds. The van der Waals surface area contributed by atoms with Gasteiger partial charge in [-0.1, -0.05) is 6.92 Å². The molecule has 0 saturated carbocycles. The first-order chi connectivity index (χ1) is 5.65. The van der Waals surface area contributed by atoms with E-state index in [9.17, 15) is 9.90 Å². The van der Waals surface area contributed by atoms with Crippen molar-refractivity contribution in [3.8, 4) is 0 Å². The standard InChI is InChI=1S/C8H12O4/c1-5-6(9)4-12-7(5)3-8(10)11-2/h3,5-6,9H,4H2,1-2H3/b7-3+. The van der Waals surface area contributed by atoms with Crippen LogP contribution < -0.4 is 0 Å². The van der Waals surface area contributed by atoms with Gasteiger partial charge in [-0.3, -0.25) is 0 Å². The van der Waals surface area contributed by atoms with Crippen LogP contribution in [0, 0.1) is 5.92 Å². The van der Waals surface area contributed by atoms with Gasteiger partial charge in [0.05, 0.1) is 19.3 Å². The van der Waals surface area contributed by atoms with Crippen molar-refractivity contribution >= 4 is 5.97 Å². The molecule has 1 rings (SSSR count). The topological polar surface area (TPSA) is 55.8 Å². The van der Waals surface area contributed by atoms with Gasteiger partial charge in [0.25, 0.3) is 0 Å². The van der Waals surface area contributed by atoms with Crippen LogP contribution in [0.5, 0.6) is 0 Å². The van der Waals surface area contributed by atoms with Crippen LogP contribution in [0.2, 0.25) is 0 Å². The third-order valence-electron chi connectivity index (χ3n) is 1.91. The van der Waals surface area contributed by atoms with Gasteiger partial charge in [-0.2, -0.15) is 0 Å². The van der Waals surface area contributed by atoms with Crippen molar-refractivity contribution in [2.24, 2.45) is 5.92 Å². The molecule has 2 unspecified atom stereocenters. The van der Waals surface area contributed by atoms with E-state index < -0.39 is 12.1 Å². The second-order valence-electron chi connectivity index (χ2n) is 2.74. The summed E-state index contributed by atoms with van der Waals surface area (Å²) in [5.41, 5.74) is 0. The number of carbonyl (C=O) groups is 1. The number of ether oxygens (including phenoxy) is 2. The molecule has 0 bridgehead atoms. The minimum atomic E-state index is -0.513. The quantitative estimate of drug-likeness (QED) is 0.449. The minimum absolute atomic E-state index is 0.121. The maximum Gasteiger partial charge on any atom is 0.333 e. The summed E-state index contributed by atoms with van der Waals surface area (Å²) >= 11 is 0. The van der Waals surface area contributed by atoms with Crippen molar-refractivity contribution in [3.63, 3.8) is 0 Å². The van der Waals surface area contributed by atoms with E-state index in [1.165, 1.54) is 13.2 Å². The van der Waals surface area contributed by atoms with Crippen molar-refractivity contribution in [1.82, 2.24) is 0 Å². The highest BCUT2D eigenvalue weighted by Crippen LogP contribution is 2.24. The van der Waals surface area contributed by atoms with Gasteiger partial charge in [-0.15, -0.1) is 0 Å². The van der Waals surface area contributed by atoms with Crippen molar-refractivity contribution in [3.05, 3.63) is 11.8 Å². The Morgan fingerprint density at radius 1 is 1.83 bits per heavy atom. The molecule has 1 aliphatic rings. The van der Waals surface area contributed by atoms with E-state index in [0.717, 1.165) is 0 Å². The molecule has 12 heavy (non-hydrogen) atoms. The molecule has 0 spiro atoms. The third kappa shape index (κ3) is 1.76. The van der Waals surface area contributed by atoms with Crippen molar-refractivity contribution < 1.29 is 19.4 Å². The zero-order valence-corrected chi connectivity index (χ0v) is 7.11. The fraction of sp³-hybridized carbons (Fsp3) is 0.625. The molecule has 0 radical (unpaired) electrons. The lowest BCUT2D eigenvalue weighted by Gasteiger charge is -2.04. The van der Waals surface area contributed by atoms with Crippen LogP contribution in [-0.2, 0) is 14.3 Å². The molecule has 1 aliphatic heterocycles. The molecule has 4 heteroatoms. The van der Waals surface area contributed by atoms with Gasteiger partial charge >= 0.3 is 5.97 Å². The van der Waals surface area contributed by atoms with E-state index >= 15 is 0 Å². The van der Waals surface area contributed by atoms with Crippen molar-refractivity contribution in [2.45, 2.75) is 13.0 Å². The van der Waals surface area contributed by atoms with Crippen LogP contribution in [0.25, 0.3) is 0 Å². The molecule has 4 nitrogen and oxygen atoms in total. The lowest BCUT2D eigenvalue weighted by Crippen LogP contribution is -2.13. The molecule has 1 heterocycles. The molecule has 2 atom stereocenters. The first-order valence-corrected chi connectivity index (χ1v) is 3.75. The number of hydrogen-bond acceptors (Lipinski definition) is 4. The SMILES string of the molecule is COC(=O)/C=C1/OCC(O)C1C.